The maximum absolute atomic E-state index is 13.1. The van der Waals surface area contributed by atoms with Gasteiger partial charge in [0.2, 0.25) is 5.92 Å². The van der Waals surface area contributed by atoms with Crippen LogP contribution in [0.4, 0.5) is 8.78 Å². The van der Waals surface area contributed by atoms with Crippen molar-refractivity contribution in [2.24, 2.45) is 0 Å². The van der Waals surface area contributed by atoms with Gasteiger partial charge in [-0.2, -0.15) is 0 Å². The van der Waals surface area contributed by atoms with Gasteiger partial charge in [0.15, 0.2) is 0 Å². The van der Waals surface area contributed by atoms with Crippen LogP contribution in [0.25, 0.3) is 0 Å². The molecular weight excluding hydrogens is 311 g/mol. The summed E-state index contributed by atoms with van der Waals surface area (Å²) < 4.78 is 26.2. The molecule has 0 aromatic carbocycles. The monoisotopic (exact) mass is 333 g/mol. The largest absolute Gasteiger partial charge is 0.300 e. The highest BCUT2D eigenvalue weighted by atomic mass is 127. The van der Waals surface area contributed by atoms with Gasteiger partial charge in [0.25, 0.3) is 0 Å². The van der Waals surface area contributed by atoms with E-state index in [1.54, 1.807) is 0 Å². The van der Waals surface area contributed by atoms with Crippen molar-refractivity contribution in [3.63, 3.8) is 0 Å². The summed E-state index contributed by atoms with van der Waals surface area (Å²) in [7, 11) is 0. The quantitative estimate of drug-likeness (QED) is 0.415. The molecule has 0 rings (SSSR count). The molecule has 0 heterocycles. The van der Waals surface area contributed by atoms with Crippen LogP contribution in [-0.2, 0) is 0 Å². The van der Waals surface area contributed by atoms with Crippen molar-refractivity contribution >= 4 is 22.6 Å². The van der Waals surface area contributed by atoms with Gasteiger partial charge in [0.1, 0.15) is 0 Å². The van der Waals surface area contributed by atoms with Crippen LogP contribution in [-0.4, -0.2) is 15.5 Å². The maximum Gasteiger partial charge on any atom is 0.249 e. The minimum Gasteiger partial charge on any atom is -0.300 e. The second kappa shape index (κ2) is 6.33. The number of halogens is 3. The molecule has 0 radical (unpaired) electrons. The third-order valence-electron chi connectivity index (χ3n) is 2.39. The van der Waals surface area contributed by atoms with Crippen LogP contribution in [0.1, 0.15) is 53.4 Å². The molecule has 2 unspecified atom stereocenters. The van der Waals surface area contributed by atoms with Gasteiger partial charge in [-0.3, -0.25) is 0 Å². The van der Waals surface area contributed by atoms with Crippen molar-refractivity contribution in [1.29, 1.82) is 0 Å². The van der Waals surface area contributed by atoms with E-state index < -0.39 is 5.92 Å². The topological polar surface area (TPSA) is 12.0 Å². The van der Waals surface area contributed by atoms with Crippen LogP contribution in [0.2, 0.25) is 0 Å². The predicted molar refractivity (Wildman–Crippen MR) is 69.8 cm³/mol. The molecule has 0 aliphatic heterocycles. The lowest BCUT2D eigenvalue weighted by atomic mass is 10.1. The van der Waals surface area contributed by atoms with Gasteiger partial charge in [0.05, 0.1) is 3.55 Å². The van der Waals surface area contributed by atoms with Crippen molar-refractivity contribution in [3.05, 3.63) is 0 Å². The Bertz CT molecular complexity index is 183. The SMILES string of the molecule is CCCC(C)(I)NC(C)CC(F)(F)CC. The lowest BCUT2D eigenvalue weighted by Crippen LogP contribution is -2.44. The van der Waals surface area contributed by atoms with E-state index in [1.807, 2.05) is 6.92 Å². The molecule has 4 heteroatoms. The van der Waals surface area contributed by atoms with E-state index in [2.05, 4.69) is 41.8 Å². The van der Waals surface area contributed by atoms with Gasteiger partial charge in [-0.15, -0.1) is 0 Å². The Morgan fingerprint density at radius 2 is 1.87 bits per heavy atom. The van der Waals surface area contributed by atoms with Crippen LogP contribution in [0.15, 0.2) is 0 Å². The summed E-state index contributed by atoms with van der Waals surface area (Å²) >= 11 is 2.30. The first-order chi connectivity index (χ1) is 6.72. The van der Waals surface area contributed by atoms with E-state index in [4.69, 9.17) is 0 Å². The minimum atomic E-state index is -2.54. The fraction of sp³-hybridized carbons (Fsp3) is 1.00. The maximum atomic E-state index is 13.1. The van der Waals surface area contributed by atoms with Gasteiger partial charge in [-0.25, -0.2) is 8.78 Å². The summed E-state index contributed by atoms with van der Waals surface area (Å²) in [4.78, 5) is 0. The van der Waals surface area contributed by atoms with Crippen molar-refractivity contribution in [1.82, 2.24) is 5.32 Å². The summed E-state index contributed by atoms with van der Waals surface area (Å²) in [6.07, 6.45) is 1.90. The van der Waals surface area contributed by atoms with Gasteiger partial charge in [-0.05, 0) is 20.3 Å². The van der Waals surface area contributed by atoms with Crippen LogP contribution in [0, 0.1) is 0 Å². The predicted octanol–water partition coefficient (Wildman–Crippen LogP) is 4.35. The number of rotatable bonds is 7. The summed E-state index contributed by atoms with van der Waals surface area (Å²) in [5.74, 6) is -2.54. The molecule has 0 fully saturated rings. The Morgan fingerprint density at radius 3 is 2.27 bits per heavy atom. The molecule has 0 aliphatic rings. The molecule has 0 saturated heterocycles. The number of hydrogen-bond donors (Lipinski definition) is 1. The third kappa shape index (κ3) is 7.44. The van der Waals surface area contributed by atoms with Crippen LogP contribution in [0.5, 0.6) is 0 Å². The first-order valence-electron chi connectivity index (χ1n) is 5.57. The second-order valence-electron chi connectivity index (χ2n) is 4.41. The molecule has 2 atom stereocenters. The van der Waals surface area contributed by atoms with Gasteiger partial charge in [-0.1, -0.05) is 42.9 Å². The molecule has 0 aliphatic carbocycles. The highest BCUT2D eigenvalue weighted by Crippen LogP contribution is 2.27. The van der Waals surface area contributed by atoms with E-state index in [-0.39, 0.29) is 22.4 Å². The Hall–Kier alpha value is 0.550. The van der Waals surface area contributed by atoms with E-state index in [0.29, 0.717) is 0 Å². The van der Waals surface area contributed by atoms with Gasteiger partial charge < -0.3 is 5.32 Å². The molecule has 92 valence electrons. The Kier molecular flexibility index (Phi) is 6.56. The second-order valence-corrected chi connectivity index (χ2v) is 6.79. The summed E-state index contributed by atoms with van der Waals surface area (Å²) in [5, 5.41) is 3.25. The molecule has 0 spiro atoms. The summed E-state index contributed by atoms with van der Waals surface area (Å²) in [5.41, 5.74) is 0. The highest BCUT2D eigenvalue weighted by Gasteiger charge is 2.31. The van der Waals surface area contributed by atoms with Gasteiger partial charge in [0, 0.05) is 18.9 Å². The van der Waals surface area contributed by atoms with Crippen LogP contribution in [0.3, 0.4) is 0 Å². The molecule has 1 nitrogen and oxygen atoms in total. The smallest absolute Gasteiger partial charge is 0.249 e. The van der Waals surface area contributed by atoms with Crippen molar-refractivity contribution < 1.29 is 8.78 Å². The zero-order chi connectivity index (χ0) is 12.1. The average molecular weight is 333 g/mol. The minimum absolute atomic E-state index is 0.0737. The van der Waals surface area contributed by atoms with Crippen molar-refractivity contribution in [2.45, 2.75) is 68.9 Å². The summed E-state index contributed by atoms with van der Waals surface area (Å²) in [6.45, 7) is 7.51. The lowest BCUT2D eigenvalue weighted by Gasteiger charge is -2.30. The molecule has 15 heavy (non-hydrogen) atoms. The van der Waals surface area contributed by atoms with Crippen LogP contribution < -0.4 is 5.32 Å². The molecule has 0 aromatic rings. The van der Waals surface area contributed by atoms with Crippen LogP contribution >= 0.6 is 22.6 Å². The Labute approximate surface area is 106 Å². The first-order valence-corrected chi connectivity index (χ1v) is 6.64. The van der Waals surface area contributed by atoms with Crippen molar-refractivity contribution in [3.8, 4) is 0 Å². The van der Waals surface area contributed by atoms with E-state index in [9.17, 15) is 8.78 Å². The zero-order valence-corrected chi connectivity index (χ0v) is 12.2. The van der Waals surface area contributed by atoms with E-state index in [1.165, 1.54) is 6.92 Å². The molecule has 1 N–H and O–H groups in total. The first kappa shape index (κ1) is 15.6. The molecular formula is C11H22F2IN. The van der Waals surface area contributed by atoms with Crippen molar-refractivity contribution in [2.75, 3.05) is 0 Å². The Balaban J connectivity index is 4.08. The Morgan fingerprint density at radius 1 is 1.33 bits per heavy atom. The average Bonchev–Trinajstić information content (AvgIpc) is 2.01. The van der Waals surface area contributed by atoms with Gasteiger partial charge >= 0.3 is 0 Å². The number of hydrogen-bond acceptors (Lipinski definition) is 1. The number of nitrogens with one attached hydrogen (secondary N) is 1. The molecule has 0 saturated carbocycles. The summed E-state index contributed by atoms with van der Waals surface area (Å²) in [6, 6.07) is -0.145. The molecule has 0 bridgehead atoms. The highest BCUT2D eigenvalue weighted by molar-refractivity contribution is 14.1. The standard InChI is InChI=1S/C11H22F2IN/c1-5-7-10(4,14)15-9(3)8-11(12,13)6-2/h9,15H,5-8H2,1-4H3. The molecule has 0 amide bonds. The molecule has 0 aromatic heterocycles. The normalized spacial score (nSPS) is 18.6. The van der Waals surface area contributed by atoms with E-state index in [0.717, 1.165) is 12.8 Å². The lowest BCUT2D eigenvalue weighted by molar-refractivity contribution is -0.0200. The fourth-order valence-electron chi connectivity index (χ4n) is 1.70. The fourth-order valence-corrected chi connectivity index (χ4v) is 2.77. The van der Waals surface area contributed by atoms with E-state index >= 15 is 0 Å². The zero-order valence-electron chi connectivity index (χ0n) is 10.0. The number of alkyl halides is 3. The third-order valence-corrected chi connectivity index (χ3v) is 3.24.